The fourth-order valence-electron chi connectivity index (χ4n) is 3.51. The van der Waals surface area contributed by atoms with Crippen molar-refractivity contribution in [3.8, 4) is 0 Å². The fraction of sp³-hybridized carbons (Fsp3) is 0.190. The Hall–Kier alpha value is -3.21. The third-order valence-electron chi connectivity index (χ3n) is 4.71. The first-order valence-corrected chi connectivity index (χ1v) is 8.66. The van der Waals surface area contributed by atoms with Crippen molar-refractivity contribution in [2.75, 3.05) is 4.90 Å². The molecule has 1 saturated heterocycles. The molecule has 4 rings (SSSR count). The van der Waals surface area contributed by atoms with Crippen molar-refractivity contribution in [3.63, 3.8) is 0 Å². The lowest BCUT2D eigenvalue weighted by molar-refractivity contribution is -0.122. The smallest absolute Gasteiger partial charge is 0.240 e. The molecule has 1 fully saturated rings. The van der Waals surface area contributed by atoms with Crippen molar-refractivity contribution in [2.24, 2.45) is 5.92 Å². The maximum atomic E-state index is 13.0. The van der Waals surface area contributed by atoms with E-state index in [9.17, 15) is 9.59 Å². The number of amides is 2. The summed E-state index contributed by atoms with van der Waals surface area (Å²) in [5.74, 6) is -0.338. The van der Waals surface area contributed by atoms with E-state index in [1.165, 1.54) is 4.90 Å². The average Bonchev–Trinajstić information content (AvgIpc) is 3.14. The van der Waals surface area contributed by atoms with Crippen LogP contribution in [-0.2, 0) is 22.6 Å². The Bertz CT molecular complexity index is 991. The van der Waals surface area contributed by atoms with E-state index in [4.69, 9.17) is 0 Å². The van der Waals surface area contributed by atoms with Gasteiger partial charge in [0.1, 0.15) is 0 Å². The number of nitrogens with zero attached hydrogens (tertiary/aromatic N) is 3. The number of imide groups is 1. The quantitative estimate of drug-likeness (QED) is 0.526. The summed E-state index contributed by atoms with van der Waals surface area (Å²) < 4.78 is 1.86. The maximum absolute atomic E-state index is 13.0. The summed E-state index contributed by atoms with van der Waals surface area (Å²) in [5, 5.41) is 0. The summed E-state index contributed by atoms with van der Waals surface area (Å²) in [6.07, 6.45) is 2.51. The minimum Gasteiger partial charge on any atom is -0.306 e. The molecule has 0 aliphatic carbocycles. The van der Waals surface area contributed by atoms with E-state index >= 15 is 0 Å². The van der Waals surface area contributed by atoms with Crippen LogP contribution in [0.4, 0.5) is 5.95 Å². The number of fused-ring (bicyclic) bond motifs is 1. The number of imidazole rings is 1. The number of para-hydroxylation sites is 2. The number of hydrogen-bond acceptors (Lipinski definition) is 3. The van der Waals surface area contributed by atoms with Crippen molar-refractivity contribution < 1.29 is 9.59 Å². The third kappa shape index (κ3) is 2.71. The molecule has 2 heterocycles. The Morgan fingerprint density at radius 2 is 1.81 bits per heavy atom. The summed E-state index contributed by atoms with van der Waals surface area (Å²) in [5.41, 5.74) is 2.70. The number of rotatable bonds is 5. The zero-order valence-corrected chi connectivity index (χ0v) is 14.3. The highest BCUT2D eigenvalue weighted by molar-refractivity contribution is 6.20. The van der Waals surface area contributed by atoms with Crippen LogP contribution in [0.25, 0.3) is 11.0 Å². The second kappa shape index (κ2) is 6.59. The second-order valence-electron chi connectivity index (χ2n) is 6.46. The Morgan fingerprint density at radius 1 is 1.08 bits per heavy atom. The summed E-state index contributed by atoms with van der Waals surface area (Å²) in [7, 11) is 0. The van der Waals surface area contributed by atoms with Crippen LogP contribution in [0.15, 0.2) is 67.3 Å². The molecule has 2 aromatic carbocycles. The first-order valence-electron chi connectivity index (χ1n) is 8.66. The molecule has 26 heavy (non-hydrogen) atoms. The highest BCUT2D eigenvalue weighted by Gasteiger charge is 2.41. The molecule has 0 saturated carbocycles. The van der Waals surface area contributed by atoms with Crippen LogP contribution < -0.4 is 4.90 Å². The lowest BCUT2D eigenvalue weighted by Gasteiger charge is -2.16. The maximum Gasteiger partial charge on any atom is 0.240 e. The van der Waals surface area contributed by atoms with Crippen LogP contribution in [0.1, 0.15) is 12.0 Å². The molecule has 0 radical (unpaired) electrons. The molecule has 5 nitrogen and oxygen atoms in total. The fourth-order valence-corrected chi connectivity index (χ4v) is 3.51. The van der Waals surface area contributed by atoms with Crippen molar-refractivity contribution in [3.05, 3.63) is 72.8 Å². The van der Waals surface area contributed by atoms with Gasteiger partial charge in [-0.1, -0.05) is 48.5 Å². The first kappa shape index (κ1) is 16.3. The Kier molecular flexibility index (Phi) is 4.13. The molecule has 5 heteroatoms. The normalized spacial score (nSPS) is 17.2. The van der Waals surface area contributed by atoms with Gasteiger partial charge in [0.15, 0.2) is 0 Å². The van der Waals surface area contributed by atoms with Crippen LogP contribution in [0.2, 0.25) is 0 Å². The molecule has 0 spiro atoms. The minimum absolute atomic E-state index is 0.181. The molecule has 130 valence electrons. The molecule has 0 unspecified atom stereocenters. The van der Waals surface area contributed by atoms with E-state index in [0.29, 0.717) is 18.9 Å². The summed E-state index contributed by atoms with van der Waals surface area (Å²) in [6.45, 7) is 4.26. The predicted octanol–water partition coefficient (Wildman–Crippen LogP) is 3.34. The zero-order chi connectivity index (χ0) is 18.1. The van der Waals surface area contributed by atoms with Gasteiger partial charge in [0.05, 0.1) is 17.0 Å². The molecule has 1 aliphatic rings. The van der Waals surface area contributed by atoms with E-state index in [1.807, 2.05) is 59.2 Å². The van der Waals surface area contributed by atoms with Gasteiger partial charge < -0.3 is 4.57 Å². The molecule has 1 atom stereocenters. The van der Waals surface area contributed by atoms with Crippen LogP contribution in [0.3, 0.4) is 0 Å². The van der Waals surface area contributed by atoms with Gasteiger partial charge in [0.25, 0.3) is 0 Å². The van der Waals surface area contributed by atoms with Gasteiger partial charge in [-0.05, 0) is 24.1 Å². The van der Waals surface area contributed by atoms with Gasteiger partial charge in [-0.2, -0.15) is 0 Å². The molecule has 1 aliphatic heterocycles. The molecule has 1 aromatic heterocycles. The monoisotopic (exact) mass is 345 g/mol. The number of anilines is 1. The van der Waals surface area contributed by atoms with E-state index in [-0.39, 0.29) is 24.2 Å². The number of aromatic nitrogens is 2. The SMILES string of the molecule is C=CCn1c(N2C(=O)C[C@H](Cc3ccccc3)C2=O)nc2ccccc21. The lowest BCUT2D eigenvalue weighted by atomic mass is 9.98. The van der Waals surface area contributed by atoms with Crippen LogP contribution in [-0.4, -0.2) is 21.4 Å². The van der Waals surface area contributed by atoms with Crippen molar-refractivity contribution in [2.45, 2.75) is 19.4 Å². The molecule has 3 aromatic rings. The number of benzene rings is 2. The van der Waals surface area contributed by atoms with Crippen LogP contribution in [0, 0.1) is 5.92 Å². The molecular weight excluding hydrogens is 326 g/mol. The minimum atomic E-state index is -0.345. The molecular formula is C21H19N3O2. The predicted molar refractivity (Wildman–Crippen MR) is 101 cm³/mol. The summed E-state index contributed by atoms with van der Waals surface area (Å²) in [6, 6.07) is 17.4. The number of hydrogen-bond donors (Lipinski definition) is 0. The largest absolute Gasteiger partial charge is 0.306 e. The number of carbonyl (C=O) groups is 2. The number of allylic oxidation sites excluding steroid dienone is 1. The Balaban J connectivity index is 1.70. The third-order valence-corrected chi connectivity index (χ3v) is 4.71. The highest BCUT2D eigenvalue weighted by atomic mass is 16.2. The first-order chi connectivity index (χ1) is 12.7. The van der Waals surface area contributed by atoms with Gasteiger partial charge in [-0.3, -0.25) is 9.59 Å². The van der Waals surface area contributed by atoms with Gasteiger partial charge in [0.2, 0.25) is 17.8 Å². The second-order valence-corrected chi connectivity index (χ2v) is 6.46. The van der Waals surface area contributed by atoms with Gasteiger partial charge in [0, 0.05) is 13.0 Å². The Morgan fingerprint density at radius 3 is 2.58 bits per heavy atom. The van der Waals surface area contributed by atoms with E-state index in [2.05, 4.69) is 11.6 Å². The molecule has 0 bridgehead atoms. The van der Waals surface area contributed by atoms with Gasteiger partial charge >= 0.3 is 0 Å². The van der Waals surface area contributed by atoms with Crippen LogP contribution >= 0.6 is 0 Å². The van der Waals surface area contributed by atoms with Crippen molar-refractivity contribution in [1.82, 2.24) is 9.55 Å². The lowest BCUT2D eigenvalue weighted by Crippen LogP contribution is -2.33. The molecule has 2 amide bonds. The summed E-state index contributed by atoms with van der Waals surface area (Å²) >= 11 is 0. The van der Waals surface area contributed by atoms with Gasteiger partial charge in [-0.15, -0.1) is 6.58 Å². The van der Waals surface area contributed by atoms with E-state index in [1.54, 1.807) is 6.08 Å². The topological polar surface area (TPSA) is 55.2 Å². The van der Waals surface area contributed by atoms with Gasteiger partial charge in [-0.25, -0.2) is 9.88 Å². The van der Waals surface area contributed by atoms with E-state index < -0.39 is 0 Å². The number of carbonyl (C=O) groups excluding carboxylic acids is 2. The zero-order valence-electron chi connectivity index (χ0n) is 14.3. The highest BCUT2D eigenvalue weighted by Crippen LogP contribution is 2.30. The standard InChI is InChI=1S/C21H19N3O2/c1-2-12-23-18-11-7-6-10-17(18)22-21(23)24-19(25)14-16(20(24)26)13-15-8-4-3-5-9-15/h2-11,16H,1,12-14H2/t16-/m0/s1. The van der Waals surface area contributed by atoms with Crippen molar-refractivity contribution in [1.29, 1.82) is 0 Å². The van der Waals surface area contributed by atoms with E-state index in [0.717, 1.165) is 16.6 Å². The average molecular weight is 345 g/mol. The Labute approximate surface area is 151 Å². The van der Waals surface area contributed by atoms with Crippen LogP contribution in [0.5, 0.6) is 0 Å². The summed E-state index contributed by atoms with van der Waals surface area (Å²) in [4.78, 5) is 31.4. The van der Waals surface area contributed by atoms with Crippen molar-refractivity contribution >= 4 is 28.8 Å². The molecule has 0 N–H and O–H groups in total.